The number of hydrogen-bond donors (Lipinski definition) is 1. The highest BCUT2D eigenvalue weighted by Crippen LogP contribution is 2.36. The molecule has 2 aromatic carbocycles. The molecule has 30 heavy (non-hydrogen) atoms. The molecule has 1 fully saturated rings. The summed E-state index contributed by atoms with van der Waals surface area (Å²) in [6.07, 6.45) is 1.58. The normalized spacial score (nSPS) is 14.7. The van der Waals surface area contributed by atoms with Gasteiger partial charge >= 0.3 is 0 Å². The van der Waals surface area contributed by atoms with Crippen LogP contribution >= 0.6 is 24.0 Å². The molecule has 0 atom stereocenters. The van der Waals surface area contributed by atoms with E-state index in [1.54, 1.807) is 24.3 Å². The molecule has 0 unspecified atom stereocenters. The maximum atomic E-state index is 12.8. The van der Waals surface area contributed by atoms with Gasteiger partial charge in [-0.3, -0.25) is 25.1 Å². The zero-order valence-electron chi connectivity index (χ0n) is 15.8. The van der Waals surface area contributed by atoms with Crippen LogP contribution in [0.15, 0.2) is 47.4 Å². The van der Waals surface area contributed by atoms with Gasteiger partial charge in [-0.05, 0) is 30.4 Å². The van der Waals surface area contributed by atoms with Crippen molar-refractivity contribution in [1.82, 2.24) is 10.4 Å². The third kappa shape index (κ3) is 4.26. The molecule has 1 N–H and O–H groups in total. The van der Waals surface area contributed by atoms with Crippen molar-refractivity contribution in [3.63, 3.8) is 0 Å². The minimum absolute atomic E-state index is 0.0247. The number of thiocarbonyl (C=S) groups is 1. The van der Waals surface area contributed by atoms with Crippen molar-refractivity contribution in [3.05, 3.63) is 68.6 Å². The number of nitrogens with zero attached hydrogens (tertiary/aromatic N) is 2. The number of nitro benzene ring substituents is 1. The van der Waals surface area contributed by atoms with Gasteiger partial charge in [0.05, 0.1) is 24.0 Å². The van der Waals surface area contributed by atoms with Crippen LogP contribution in [-0.4, -0.2) is 40.3 Å². The molecule has 11 heteroatoms. The number of non-ortho nitro benzene ring substituents is 1. The molecule has 2 aromatic rings. The topological polar surface area (TPSA) is 111 Å². The lowest BCUT2D eigenvalue weighted by Gasteiger charge is -2.15. The van der Waals surface area contributed by atoms with E-state index in [-0.39, 0.29) is 20.5 Å². The van der Waals surface area contributed by atoms with Crippen molar-refractivity contribution in [2.24, 2.45) is 0 Å². The van der Waals surface area contributed by atoms with Crippen LogP contribution in [0.4, 0.5) is 5.69 Å². The molecule has 0 aromatic heterocycles. The summed E-state index contributed by atoms with van der Waals surface area (Å²) in [5.41, 5.74) is 2.78. The molecule has 2 amide bonds. The fourth-order valence-corrected chi connectivity index (χ4v) is 3.83. The molecule has 0 aliphatic carbocycles. The van der Waals surface area contributed by atoms with E-state index < -0.39 is 16.7 Å². The fourth-order valence-electron chi connectivity index (χ4n) is 2.66. The van der Waals surface area contributed by atoms with Crippen LogP contribution in [0.2, 0.25) is 0 Å². The van der Waals surface area contributed by atoms with Gasteiger partial charge in [0.15, 0.2) is 15.8 Å². The van der Waals surface area contributed by atoms with Gasteiger partial charge in [0.2, 0.25) is 0 Å². The Hall–Kier alpha value is -3.44. The molecule has 1 aliphatic heterocycles. The van der Waals surface area contributed by atoms with Gasteiger partial charge in [-0.25, -0.2) is 0 Å². The Morgan fingerprint density at radius 3 is 2.63 bits per heavy atom. The van der Waals surface area contributed by atoms with Crippen molar-refractivity contribution < 1.29 is 24.0 Å². The first-order valence-corrected chi connectivity index (χ1v) is 9.62. The molecule has 9 nitrogen and oxygen atoms in total. The molecule has 0 spiro atoms. The van der Waals surface area contributed by atoms with Gasteiger partial charge in [-0.15, -0.1) is 0 Å². The number of benzene rings is 2. The van der Waals surface area contributed by atoms with Gasteiger partial charge in [0.25, 0.3) is 17.5 Å². The lowest BCUT2D eigenvalue weighted by molar-refractivity contribution is -0.384. The third-order valence-corrected chi connectivity index (χ3v) is 5.35. The highest BCUT2D eigenvalue weighted by atomic mass is 32.2. The molecule has 0 bridgehead atoms. The summed E-state index contributed by atoms with van der Waals surface area (Å²) in [6, 6.07) is 10.4. The smallest absolute Gasteiger partial charge is 0.285 e. The van der Waals surface area contributed by atoms with Crippen molar-refractivity contribution in [2.45, 2.75) is 0 Å². The Balaban J connectivity index is 1.83. The monoisotopic (exact) mass is 445 g/mol. The van der Waals surface area contributed by atoms with Crippen LogP contribution in [0.1, 0.15) is 15.9 Å². The maximum Gasteiger partial charge on any atom is 0.285 e. The summed E-state index contributed by atoms with van der Waals surface area (Å²) in [6.45, 7) is 0. The summed E-state index contributed by atoms with van der Waals surface area (Å²) in [5, 5.41) is 11.8. The molecule has 0 saturated carbocycles. The number of carbonyl (C=O) groups excluding carboxylic acids is 2. The number of hydrogen-bond acceptors (Lipinski definition) is 8. The van der Waals surface area contributed by atoms with E-state index in [2.05, 4.69) is 5.43 Å². The van der Waals surface area contributed by atoms with E-state index in [1.807, 2.05) is 0 Å². The number of nitro groups is 1. The van der Waals surface area contributed by atoms with Crippen LogP contribution in [0, 0.1) is 10.1 Å². The fraction of sp³-hybridized carbons (Fsp3) is 0.105. The maximum absolute atomic E-state index is 12.8. The Bertz CT molecular complexity index is 1090. The van der Waals surface area contributed by atoms with E-state index in [4.69, 9.17) is 21.7 Å². The second kappa shape index (κ2) is 8.93. The average Bonchev–Trinajstić information content (AvgIpc) is 3.00. The first-order valence-electron chi connectivity index (χ1n) is 8.40. The van der Waals surface area contributed by atoms with Gasteiger partial charge < -0.3 is 9.47 Å². The Labute approximate surface area is 180 Å². The number of carbonyl (C=O) groups is 2. The highest BCUT2D eigenvalue weighted by molar-refractivity contribution is 8.26. The first kappa shape index (κ1) is 21.3. The number of methoxy groups -OCH3 is 2. The number of amides is 2. The quantitative estimate of drug-likeness (QED) is 0.312. The lowest BCUT2D eigenvalue weighted by atomic mass is 10.1. The molecule has 1 aliphatic rings. The average molecular weight is 445 g/mol. The summed E-state index contributed by atoms with van der Waals surface area (Å²) in [4.78, 5) is 35.8. The van der Waals surface area contributed by atoms with Crippen LogP contribution < -0.4 is 14.9 Å². The van der Waals surface area contributed by atoms with Crippen LogP contribution in [-0.2, 0) is 4.79 Å². The van der Waals surface area contributed by atoms with Gasteiger partial charge in [0, 0.05) is 23.3 Å². The van der Waals surface area contributed by atoms with E-state index in [0.29, 0.717) is 17.1 Å². The van der Waals surface area contributed by atoms with Gasteiger partial charge in [-0.2, -0.15) is 5.01 Å². The molecule has 0 radical (unpaired) electrons. The largest absolute Gasteiger partial charge is 0.493 e. The molecule has 1 saturated heterocycles. The second-order valence-corrected chi connectivity index (χ2v) is 7.52. The minimum Gasteiger partial charge on any atom is -0.493 e. The number of hydrazine groups is 1. The van der Waals surface area contributed by atoms with Gasteiger partial charge in [-0.1, -0.05) is 30.0 Å². The molecular weight excluding hydrogens is 430 g/mol. The zero-order chi connectivity index (χ0) is 21.8. The molecule has 1 heterocycles. The first-order chi connectivity index (χ1) is 14.3. The minimum atomic E-state index is -0.699. The Morgan fingerprint density at radius 2 is 1.97 bits per heavy atom. The van der Waals surface area contributed by atoms with Crippen LogP contribution in [0.5, 0.6) is 11.5 Å². The van der Waals surface area contributed by atoms with E-state index in [9.17, 15) is 19.7 Å². The highest BCUT2D eigenvalue weighted by Gasteiger charge is 2.34. The van der Waals surface area contributed by atoms with E-state index in [0.717, 1.165) is 22.8 Å². The summed E-state index contributed by atoms with van der Waals surface area (Å²) >= 11 is 6.21. The van der Waals surface area contributed by atoms with Crippen LogP contribution in [0.25, 0.3) is 6.08 Å². The standard InChI is InChI=1S/C19H15N3O6S2/c1-27-14-8-4-5-11(16(14)28-2)10-15-18(24)21(19(29)30-15)20-17(23)12-6-3-7-13(9-12)22(25)26/h3-10H,1-2H3,(H,20,23)/b15-10-. The number of thioether (sulfide) groups is 1. The third-order valence-electron chi connectivity index (χ3n) is 4.05. The summed E-state index contributed by atoms with van der Waals surface area (Å²) in [7, 11) is 2.99. The number of para-hydroxylation sites is 1. The Kier molecular flexibility index (Phi) is 6.33. The SMILES string of the molecule is COc1cccc(/C=C2\SC(=S)N(NC(=O)c3cccc([N+](=O)[O-])c3)C2=O)c1OC. The zero-order valence-corrected chi connectivity index (χ0v) is 17.4. The second-order valence-electron chi connectivity index (χ2n) is 5.85. The lowest BCUT2D eigenvalue weighted by Crippen LogP contribution is -2.44. The predicted octanol–water partition coefficient (Wildman–Crippen LogP) is 3.16. The number of nitrogens with one attached hydrogen (secondary N) is 1. The van der Waals surface area contributed by atoms with Crippen molar-refractivity contribution in [1.29, 1.82) is 0 Å². The molecular formula is C19H15N3O6S2. The van der Waals surface area contributed by atoms with E-state index >= 15 is 0 Å². The number of rotatable bonds is 6. The van der Waals surface area contributed by atoms with Crippen LogP contribution in [0.3, 0.4) is 0 Å². The predicted molar refractivity (Wildman–Crippen MR) is 115 cm³/mol. The summed E-state index contributed by atoms with van der Waals surface area (Å²) < 4.78 is 10.7. The van der Waals surface area contributed by atoms with Crippen molar-refractivity contribution in [2.75, 3.05) is 14.2 Å². The van der Waals surface area contributed by atoms with Crippen molar-refractivity contribution >= 4 is 51.9 Å². The molecule has 154 valence electrons. The van der Waals surface area contributed by atoms with Crippen molar-refractivity contribution in [3.8, 4) is 11.5 Å². The Morgan fingerprint density at radius 1 is 1.23 bits per heavy atom. The van der Waals surface area contributed by atoms with E-state index in [1.165, 1.54) is 32.4 Å². The summed E-state index contributed by atoms with van der Waals surface area (Å²) in [5.74, 6) is -0.282. The number of ether oxygens (including phenoxy) is 2. The van der Waals surface area contributed by atoms with Gasteiger partial charge in [0.1, 0.15) is 0 Å². The molecule has 3 rings (SSSR count).